The van der Waals surface area contributed by atoms with Gasteiger partial charge < -0.3 is 15.0 Å². The van der Waals surface area contributed by atoms with E-state index in [-0.39, 0.29) is 6.10 Å². The van der Waals surface area contributed by atoms with Crippen molar-refractivity contribution in [1.29, 1.82) is 0 Å². The Labute approximate surface area is 128 Å². The van der Waals surface area contributed by atoms with Crippen molar-refractivity contribution in [1.82, 2.24) is 10.2 Å². The predicted molar refractivity (Wildman–Crippen MR) is 86.5 cm³/mol. The van der Waals surface area contributed by atoms with E-state index >= 15 is 0 Å². The molecule has 116 valence electrons. The molecular weight excluding hydrogens is 260 g/mol. The van der Waals surface area contributed by atoms with Gasteiger partial charge >= 0.3 is 0 Å². The Morgan fingerprint density at radius 1 is 1.24 bits per heavy atom. The van der Waals surface area contributed by atoms with E-state index in [1.54, 1.807) is 0 Å². The number of rotatable bonds is 5. The van der Waals surface area contributed by atoms with Crippen molar-refractivity contribution in [3.8, 4) is 0 Å². The summed E-state index contributed by atoms with van der Waals surface area (Å²) in [7, 11) is 1.83. The highest BCUT2D eigenvalue weighted by molar-refractivity contribution is 5.36. The van der Waals surface area contributed by atoms with Crippen LogP contribution in [0.4, 0.5) is 0 Å². The standard InChI is InChI=1S/C18H28N2O/c1-3-20-10-8-14(9-11-20)13-19-17-12-15-6-4-5-7-16(15)18(17)21-2/h4-7,14,17-19H,3,8-13H2,1-2H3/t17-,18+/m1/s1. The average Bonchev–Trinajstić information content (AvgIpc) is 2.91. The molecule has 0 aromatic heterocycles. The van der Waals surface area contributed by atoms with Gasteiger partial charge in [-0.15, -0.1) is 0 Å². The molecule has 1 heterocycles. The summed E-state index contributed by atoms with van der Waals surface area (Å²) in [6.07, 6.45) is 3.98. The number of hydrogen-bond donors (Lipinski definition) is 1. The highest BCUT2D eigenvalue weighted by Gasteiger charge is 2.32. The van der Waals surface area contributed by atoms with Crippen LogP contribution >= 0.6 is 0 Å². The number of nitrogens with zero attached hydrogens (tertiary/aromatic N) is 1. The van der Waals surface area contributed by atoms with Crippen molar-refractivity contribution in [3.63, 3.8) is 0 Å². The van der Waals surface area contributed by atoms with Crippen LogP contribution in [0.5, 0.6) is 0 Å². The molecule has 1 aromatic carbocycles. The molecule has 0 bridgehead atoms. The molecule has 2 atom stereocenters. The smallest absolute Gasteiger partial charge is 0.0979 e. The summed E-state index contributed by atoms with van der Waals surface area (Å²) in [5, 5.41) is 3.79. The first-order valence-electron chi connectivity index (χ1n) is 8.38. The quantitative estimate of drug-likeness (QED) is 0.901. The third-order valence-corrected chi connectivity index (χ3v) is 5.24. The van der Waals surface area contributed by atoms with Gasteiger partial charge in [-0.25, -0.2) is 0 Å². The SMILES string of the molecule is CCN1CCC(CN[C@@H]2Cc3ccccc3[C@@H]2OC)CC1. The van der Waals surface area contributed by atoms with Crippen LogP contribution in [0.2, 0.25) is 0 Å². The summed E-state index contributed by atoms with van der Waals surface area (Å²) in [5.41, 5.74) is 2.82. The van der Waals surface area contributed by atoms with Crippen LogP contribution in [0, 0.1) is 5.92 Å². The van der Waals surface area contributed by atoms with Gasteiger partial charge in [-0.1, -0.05) is 31.2 Å². The highest BCUT2D eigenvalue weighted by atomic mass is 16.5. The zero-order valence-corrected chi connectivity index (χ0v) is 13.3. The molecule has 0 amide bonds. The molecule has 1 aliphatic carbocycles. The van der Waals surface area contributed by atoms with Crippen LogP contribution in [-0.2, 0) is 11.2 Å². The molecule has 0 radical (unpaired) electrons. The molecule has 21 heavy (non-hydrogen) atoms. The molecule has 1 N–H and O–H groups in total. The molecule has 1 aromatic rings. The maximum Gasteiger partial charge on any atom is 0.0979 e. The number of piperidine rings is 1. The summed E-state index contributed by atoms with van der Waals surface area (Å²) >= 11 is 0. The summed E-state index contributed by atoms with van der Waals surface area (Å²) in [5.74, 6) is 0.828. The van der Waals surface area contributed by atoms with Crippen molar-refractivity contribution < 1.29 is 4.74 Å². The molecule has 1 fully saturated rings. The molecule has 3 rings (SSSR count). The second kappa shape index (κ2) is 6.91. The van der Waals surface area contributed by atoms with Gasteiger partial charge in [0.15, 0.2) is 0 Å². The van der Waals surface area contributed by atoms with E-state index in [0.29, 0.717) is 6.04 Å². The first kappa shape index (κ1) is 15.0. The lowest BCUT2D eigenvalue weighted by molar-refractivity contribution is 0.0748. The number of hydrogen-bond acceptors (Lipinski definition) is 3. The fourth-order valence-corrected chi connectivity index (χ4v) is 3.85. The summed E-state index contributed by atoms with van der Waals surface area (Å²) in [6, 6.07) is 9.15. The second-order valence-electron chi connectivity index (χ2n) is 6.45. The topological polar surface area (TPSA) is 24.5 Å². The minimum Gasteiger partial charge on any atom is -0.375 e. The molecule has 0 saturated carbocycles. The van der Waals surface area contributed by atoms with Crippen LogP contribution in [0.3, 0.4) is 0 Å². The Hall–Kier alpha value is -0.900. The van der Waals surface area contributed by atoms with E-state index in [1.807, 2.05) is 7.11 Å². The predicted octanol–water partition coefficient (Wildman–Crippen LogP) is 2.62. The Balaban J connectivity index is 1.52. The number of ether oxygens (including phenoxy) is 1. The molecular formula is C18H28N2O. The Morgan fingerprint density at radius 2 is 2.00 bits per heavy atom. The van der Waals surface area contributed by atoms with Gasteiger partial charge in [0, 0.05) is 13.2 Å². The van der Waals surface area contributed by atoms with Crippen LogP contribution in [-0.4, -0.2) is 44.2 Å². The first-order valence-corrected chi connectivity index (χ1v) is 8.38. The number of benzene rings is 1. The van der Waals surface area contributed by atoms with Crippen molar-refractivity contribution in [2.24, 2.45) is 5.92 Å². The number of methoxy groups -OCH3 is 1. The van der Waals surface area contributed by atoms with E-state index in [1.165, 1.54) is 43.6 Å². The minimum atomic E-state index is 0.219. The number of nitrogens with one attached hydrogen (secondary N) is 1. The summed E-state index contributed by atoms with van der Waals surface area (Å²) in [6.45, 7) is 7.13. The Bertz CT molecular complexity index is 454. The lowest BCUT2D eigenvalue weighted by Crippen LogP contribution is -2.41. The van der Waals surface area contributed by atoms with Crippen LogP contribution < -0.4 is 5.32 Å². The zero-order chi connectivity index (χ0) is 14.7. The van der Waals surface area contributed by atoms with Crippen molar-refractivity contribution in [2.75, 3.05) is 33.3 Å². The zero-order valence-electron chi connectivity index (χ0n) is 13.3. The van der Waals surface area contributed by atoms with E-state index in [0.717, 1.165) is 18.9 Å². The van der Waals surface area contributed by atoms with Crippen LogP contribution in [0.15, 0.2) is 24.3 Å². The molecule has 2 aliphatic rings. The Morgan fingerprint density at radius 3 is 2.71 bits per heavy atom. The normalized spacial score (nSPS) is 27.0. The Kier molecular flexibility index (Phi) is 4.94. The van der Waals surface area contributed by atoms with Gasteiger partial charge in [0.1, 0.15) is 0 Å². The number of likely N-dealkylation sites (tertiary alicyclic amines) is 1. The number of fused-ring (bicyclic) bond motifs is 1. The van der Waals surface area contributed by atoms with Crippen LogP contribution in [0.1, 0.15) is 37.0 Å². The highest BCUT2D eigenvalue weighted by Crippen LogP contribution is 2.33. The van der Waals surface area contributed by atoms with Gasteiger partial charge in [0.2, 0.25) is 0 Å². The fourth-order valence-electron chi connectivity index (χ4n) is 3.85. The van der Waals surface area contributed by atoms with E-state index in [4.69, 9.17) is 4.74 Å². The lowest BCUT2D eigenvalue weighted by atomic mass is 9.96. The van der Waals surface area contributed by atoms with Gasteiger partial charge in [-0.3, -0.25) is 0 Å². The maximum absolute atomic E-state index is 5.75. The fraction of sp³-hybridized carbons (Fsp3) is 0.667. The van der Waals surface area contributed by atoms with E-state index in [9.17, 15) is 0 Å². The monoisotopic (exact) mass is 288 g/mol. The van der Waals surface area contributed by atoms with E-state index < -0.39 is 0 Å². The molecule has 0 spiro atoms. The average molecular weight is 288 g/mol. The van der Waals surface area contributed by atoms with Crippen molar-refractivity contribution >= 4 is 0 Å². The van der Waals surface area contributed by atoms with Gasteiger partial charge in [-0.2, -0.15) is 0 Å². The van der Waals surface area contributed by atoms with Gasteiger partial charge in [0.05, 0.1) is 6.10 Å². The molecule has 0 unspecified atom stereocenters. The third-order valence-electron chi connectivity index (χ3n) is 5.24. The molecule has 3 nitrogen and oxygen atoms in total. The molecule has 3 heteroatoms. The summed E-state index contributed by atoms with van der Waals surface area (Å²) in [4.78, 5) is 2.56. The molecule has 1 aliphatic heterocycles. The third kappa shape index (κ3) is 3.31. The van der Waals surface area contributed by atoms with Crippen molar-refractivity contribution in [2.45, 2.75) is 38.3 Å². The van der Waals surface area contributed by atoms with Gasteiger partial charge in [0.25, 0.3) is 0 Å². The van der Waals surface area contributed by atoms with Gasteiger partial charge in [-0.05, 0) is 62.5 Å². The van der Waals surface area contributed by atoms with Crippen LogP contribution in [0.25, 0.3) is 0 Å². The van der Waals surface area contributed by atoms with Crippen molar-refractivity contribution in [3.05, 3.63) is 35.4 Å². The molecule has 1 saturated heterocycles. The first-order chi connectivity index (χ1) is 10.3. The largest absolute Gasteiger partial charge is 0.375 e. The lowest BCUT2D eigenvalue weighted by Gasteiger charge is -2.32. The summed E-state index contributed by atoms with van der Waals surface area (Å²) < 4.78 is 5.75. The minimum absolute atomic E-state index is 0.219. The van der Waals surface area contributed by atoms with E-state index in [2.05, 4.69) is 41.4 Å². The maximum atomic E-state index is 5.75. The second-order valence-corrected chi connectivity index (χ2v) is 6.45.